The lowest BCUT2D eigenvalue weighted by Gasteiger charge is -2.03. The summed E-state index contributed by atoms with van der Waals surface area (Å²) in [5.41, 5.74) is 0.772. The fourth-order valence-corrected chi connectivity index (χ4v) is 2.64. The first-order valence-corrected chi connectivity index (χ1v) is 7.67. The van der Waals surface area contributed by atoms with Crippen molar-refractivity contribution in [3.63, 3.8) is 0 Å². The third-order valence-corrected chi connectivity index (χ3v) is 3.84. The molecular weight excluding hydrogens is 310 g/mol. The van der Waals surface area contributed by atoms with Gasteiger partial charge in [0.2, 0.25) is 0 Å². The monoisotopic (exact) mass is 346 g/mol. The molecule has 0 bridgehead atoms. The summed E-state index contributed by atoms with van der Waals surface area (Å²) in [4.78, 5) is 13.2. The predicted molar refractivity (Wildman–Crippen MR) is 102 cm³/mol. The molecule has 1 heterocycles. The van der Waals surface area contributed by atoms with Crippen molar-refractivity contribution in [2.24, 2.45) is 0 Å². The van der Waals surface area contributed by atoms with Crippen LogP contribution in [0.3, 0.4) is 0 Å². The number of carbonyl (C=O) groups excluding carboxylic acids is 1. The third kappa shape index (κ3) is 3.93. The summed E-state index contributed by atoms with van der Waals surface area (Å²) in [5, 5.41) is 0.287. The number of hydrogen-bond acceptors (Lipinski definition) is 2. The highest BCUT2D eigenvalue weighted by Crippen LogP contribution is 2.24. The third-order valence-electron chi connectivity index (χ3n) is 3.84. The number of Topliss-reactive ketones (excluding diaryl/α,β-unsaturated/α-hetero) is 1. The minimum atomic E-state index is -3.80. The van der Waals surface area contributed by atoms with Crippen LogP contribution >= 0.6 is 0 Å². The van der Waals surface area contributed by atoms with Crippen molar-refractivity contribution in [3.8, 4) is 5.75 Å². The maximum Gasteiger partial charge on any atom is 0.169 e. The molecular formula is C22H25NO2. The maximum absolute atomic E-state index is 13.2. The Balaban J connectivity index is 2.11. The predicted octanol–water partition coefficient (Wildman–Crippen LogP) is 5.27. The molecule has 0 saturated heterocycles. The Bertz CT molecular complexity index is 1260. The average Bonchev–Trinajstić information content (AvgIpc) is 3.19. The lowest BCUT2D eigenvalue weighted by atomic mass is 10.0. The number of ketones is 1. The zero-order valence-corrected chi connectivity index (χ0v) is 13.7. The molecule has 0 aliphatic heterocycles. The highest BCUT2D eigenvalue weighted by Gasteiger charge is 2.15. The van der Waals surface area contributed by atoms with Crippen LogP contribution in [0.4, 0.5) is 0 Å². The Morgan fingerprint density at radius 3 is 2.72 bits per heavy atom. The van der Waals surface area contributed by atoms with E-state index < -0.39 is 38.3 Å². The van der Waals surface area contributed by atoms with E-state index in [0.717, 1.165) is 10.8 Å². The van der Waals surface area contributed by atoms with Crippen LogP contribution in [0.1, 0.15) is 57.0 Å². The van der Waals surface area contributed by atoms with Crippen molar-refractivity contribution < 1.29 is 24.6 Å². The number of methoxy groups -OCH3 is 1. The van der Waals surface area contributed by atoms with Crippen molar-refractivity contribution in [1.29, 1.82) is 0 Å². The normalized spacial score (nSPS) is 20.3. The molecule has 0 saturated carbocycles. The second-order valence-electron chi connectivity index (χ2n) is 5.36. The summed E-state index contributed by atoms with van der Waals surface area (Å²) in [7, 11) is 1.51. The molecule has 0 aliphatic carbocycles. The molecule has 0 amide bonds. The molecule has 0 unspecified atom stereocenters. The van der Waals surface area contributed by atoms with E-state index in [4.69, 9.17) is 19.8 Å². The minimum Gasteiger partial charge on any atom is -0.497 e. The van der Waals surface area contributed by atoms with Crippen molar-refractivity contribution in [3.05, 3.63) is 65.9 Å². The summed E-state index contributed by atoms with van der Waals surface area (Å²) < 4.78 is 93.5. The Morgan fingerprint density at radius 1 is 1.16 bits per heavy atom. The van der Waals surface area contributed by atoms with Crippen LogP contribution in [0.5, 0.6) is 5.75 Å². The topological polar surface area (TPSA) is 31.2 Å². The molecule has 0 spiro atoms. The summed E-state index contributed by atoms with van der Waals surface area (Å²) in [6, 6.07) is 12.8. The van der Waals surface area contributed by atoms with Gasteiger partial charge in [0.05, 0.1) is 7.11 Å². The van der Waals surface area contributed by atoms with Crippen molar-refractivity contribution in [2.45, 2.75) is 38.9 Å². The van der Waals surface area contributed by atoms with Crippen molar-refractivity contribution in [2.75, 3.05) is 7.11 Å². The molecule has 1 aromatic heterocycles. The minimum absolute atomic E-state index is 0.0560. The van der Waals surface area contributed by atoms with Crippen LogP contribution in [-0.4, -0.2) is 17.5 Å². The molecule has 3 heteroatoms. The van der Waals surface area contributed by atoms with Gasteiger partial charge in [-0.1, -0.05) is 49.9 Å². The van der Waals surface area contributed by atoms with E-state index in [9.17, 15) is 4.79 Å². The van der Waals surface area contributed by atoms with Gasteiger partial charge < -0.3 is 9.30 Å². The molecule has 2 aromatic carbocycles. The molecule has 3 nitrogen and oxygen atoms in total. The molecule has 0 fully saturated rings. The van der Waals surface area contributed by atoms with Crippen LogP contribution in [0.25, 0.3) is 10.9 Å². The van der Waals surface area contributed by atoms with Gasteiger partial charge in [-0.15, -0.1) is 0 Å². The van der Waals surface area contributed by atoms with E-state index in [0.29, 0.717) is 11.3 Å². The molecule has 0 atom stereocenters. The lowest BCUT2D eigenvalue weighted by Crippen LogP contribution is -2.03. The van der Waals surface area contributed by atoms with Crippen molar-refractivity contribution >= 4 is 16.7 Å². The number of aryl methyl sites for hydroxylation is 1. The number of carbonyl (C=O) groups is 1. The number of para-hydroxylation sites is 1. The second kappa shape index (κ2) is 8.02. The summed E-state index contributed by atoms with van der Waals surface area (Å²) in [6.07, 6.45) is -10.2. The zero-order chi connectivity index (χ0) is 27.3. The highest BCUT2D eigenvalue weighted by molar-refractivity contribution is 6.08. The standard InChI is InChI=1S/C22H25NO2/c1-3-4-7-14-23-16-20(19-8-5-6-9-21(19)23)22(24)15-17-10-12-18(25-2)13-11-17/h5-6,8-13,16H,3-4,7,14-15H2,1-2H3/i1D3,3D2,4D2,7D2,14D2. The molecule has 0 radical (unpaired) electrons. The van der Waals surface area contributed by atoms with Gasteiger partial charge in [0.15, 0.2) is 5.78 Å². The molecule has 0 N–H and O–H groups in total. The number of aromatic nitrogens is 1. The average molecular weight is 347 g/mol. The smallest absolute Gasteiger partial charge is 0.169 e. The number of ether oxygens (including phenoxy) is 1. The quantitative estimate of drug-likeness (QED) is 0.521. The fraction of sp³-hybridized carbons (Fsp3) is 0.318. The summed E-state index contributed by atoms with van der Waals surface area (Å²) in [6.45, 7) is -6.87. The van der Waals surface area contributed by atoms with Gasteiger partial charge in [-0.05, 0) is 30.1 Å². The summed E-state index contributed by atoms with van der Waals surface area (Å²) in [5.74, 6) is 0.191. The summed E-state index contributed by atoms with van der Waals surface area (Å²) >= 11 is 0. The lowest BCUT2D eigenvalue weighted by molar-refractivity contribution is 0.0994. The van der Waals surface area contributed by atoms with E-state index in [1.165, 1.54) is 25.3 Å². The molecule has 130 valence electrons. The first-order chi connectivity index (χ1) is 16.4. The van der Waals surface area contributed by atoms with Crippen LogP contribution in [0.2, 0.25) is 0 Å². The second-order valence-corrected chi connectivity index (χ2v) is 5.36. The van der Waals surface area contributed by atoms with Gasteiger partial charge in [-0.2, -0.15) is 0 Å². The van der Waals surface area contributed by atoms with Gasteiger partial charge in [-0.3, -0.25) is 4.79 Å². The Hall–Kier alpha value is -2.55. The van der Waals surface area contributed by atoms with Crippen LogP contribution < -0.4 is 4.74 Å². The van der Waals surface area contributed by atoms with Gasteiger partial charge in [0.25, 0.3) is 0 Å². The van der Waals surface area contributed by atoms with E-state index >= 15 is 0 Å². The van der Waals surface area contributed by atoms with Crippen LogP contribution in [0.15, 0.2) is 54.7 Å². The number of hydrogen-bond donors (Lipinski definition) is 0. The Labute approximate surface area is 164 Å². The van der Waals surface area contributed by atoms with Crippen LogP contribution in [0, 0.1) is 0 Å². The maximum atomic E-state index is 13.2. The number of rotatable bonds is 8. The largest absolute Gasteiger partial charge is 0.497 e. The Kier molecular flexibility index (Phi) is 2.64. The van der Waals surface area contributed by atoms with Crippen LogP contribution in [-0.2, 0) is 12.9 Å². The van der Waals surface area contributed by atoms with Gasteiger partial charge in [0.1, 0.15) is 5.75 Å². The number of nitrogens with zero attached hydrogens (tertiary/aromatic N) is 1. The first-order valence-electron chi connectivity index (χ1n) is 13.2. The van der Waals surface area contributed by atoms with E-state index in [1.54, 1.807) is 30.3 Å². The molecule has 0 aliphatic rings. The number of fused-ring (bicyclic) bond motifs is 1. The van der Waals surface area contributed by atoms with E-state index in [-0.39, 0.29) is 22.9 Å². The molecule has 25 heavy (non-hydrogen) atoms. The first kappa shape index (κ1) is 8.22. The van der Waals surface area contributed by atoms with Gasteiger partial charge in [0, 0.05) is 50.7 Å². The van der Waals surface area contributed by atoms with E-state index in [2.05, 4.69) is 0 Å². The van der Waals surface area contributed by atoms with Gasteiger partial charge in [-0.25, -0.2) is 0 Å². The fourth-order valence-electron chi connectivity index (χ4n) is 2.64. The van der Waals surface area contributed by atoms with Gasteiger partial charge >= 0.3 is 0 Å². The zero-order valence-electron chi connectivity index (χ0n) is 24.7. The SMILES string of the molecule is [2H]C([2H])([2H])C([2H])([2H])C([2H])([2H])C([2H])([2H])C([2H])([2H])n1cc(C(=O)Cc2ccc(OC)cc2)c2ccccc21. The highest BCUT2D eigenvalue weighted by atomic mass is 16.5. The van der Waals surface area contributed by atoms with Crippen molar-refractivity contribution in [1.82, 2.24) is 4.57 Å². The van der Waals surface area contributed by atoms with E-state index in [1.807, 2.05) is 0 Å². The molecule has 3 rings (SSSR count). The Morgan fingerprint density at radius 2 is 1.96 bits per heavy atom. The molecule has 3 aromatic rings. The number of benzene rings is 2.